The summed E-state index contributed by atoms with van der Waals surface area (Å²) in [6.07, 6.45) is 0. The summed E-state index contributed by atoms with van der Waals surface area (Å²) in [6, 6.07) is 28.5. The molecule has 0 fully saturated rings. The third-order valence-corrected chi connectivity index (χ3v) is 5.29. The lowest BCUT2D eigenvalue weighted by atomic mass is 9.95. The Labute approximate surface area is 159 Å². The number of hydrogen-bond donors (Lipinski definition) is 1. The Hall–Kier alpha value is -2.52. The monoisotopic (exact) mass is 361 g/mol. The van der Waals surface area contributed by atoms with E-state index in [-0.39, 0.29) is 11.9 Å². The zero-order valence-corrected chi connectivity index (χ0v) is 15.7. The maximum atomic E-state index is 12.6. The molecule has 0 saturated carbocycles. The van der Waals surface area contributed by atoms with E-state index in [2.05, 4.69) is 48.6 Å². The summed E-state index contributed by atoms with van der Waals surface area (Å²) in [6.45, 7) is 2.08. The highest BCUT2D eigenvalue weighted by atomic mass is 32.2. The summed E-state index contributed by atoms with van der Waals surface area (Å²) < 4.78 is 0. The molecule has 3 aromatic rings. The van der Waals surface area contributed by atoms with E-state index in [1.54, 1.807) is 11.8 Å². The Bertz CT molecular complexity index is 833. The second-order valence-corrected chi connectivity index (χ2v) is 7.23. The van der Waals surface area contributed by atoms with Gasteiger partial charge < -0.3 is 5.32 Å². The molecule has 1 N–H and O–H groups in total. The summed E-state index contributed by atoms with van der Waals surface area (Å²) >= 11 is 1.64. The quantitative estimate of drug-likeness (QED) is 0.632. The normalized spacial score (nSPS) is 11.7. The van der Waals surface area contributed by atoms with Gasteiger partial charge in [0.2, 0.25) is 5.91 Å². The average Bonchev–Trinajstić information content (AvgIpc) is 2.68. The summed E-state index contributed by atoms with van der Waals surface area (Å²) in [4.78, 5) is 12.6. The molecular weight excluding hydrogens is 338 g/mol. The molecule has 132 valence electrons. The van der Waals surface area contributed by atoms with Gasteiger partial charge >= 0.3 is 0 Å². The Balaban J connectivity index is 1.68. The highest BCUT2D eigenvalue weighted by Crippen LogP contribution is 2.25. The minimum Gasteiger partial charge on any atom is -0.344 e. The van der Waals surface area contributed by atoms with Gasteiger partial charge in [-0.1, -0.05) is 84.9 Å². The van der Waals surface area contributed by atoms with Crippen LogP contribution in [0.25, 0.3) is 0 Å². The number of nitrogens with one attached hydrogen (secondary N) is 1. The lowest BCUT2D eigenvalue weighted by Gasteiger charge is -2.21. The van der Waals surface area contributed by atoms with Crippen LogP contribution >= 0.6 is 11.8 Å². The Morgan fingerprint density at radius 3 is 2.19 bits per heavy atom. The average molecular weight is 362 g/mol. The van der Waals surface area contributed by atoms with Crippen molar-refractivity contribution >= 4 is 17.7 Å². The van der Waals surface area contributed by atoms with Gasteiger partial charge in [-0.05, 0) is 29.2 Å². The fraction of sp³-hybridized carbons (Fsp3) is 0.174. The molecule has 0 unspecified atom stereocenters. The third-order valence-electron chi connectivity index (χ3n) is 4.28. The van der Waals surface area contributed by atoms with E-state index in [4.69, 9.17) is 0 Å². The van der Waals surface area contributed by atoms with Crippen molar-refractivity contribution in [3.8, 4) is 0 Å². The minimum atomic E-state index is -0.123. The van der Waals surface area contributed by atoms with Gasteiger partial charge in [-0.15, -0.1) is 11.8 Å². The molecule has 3 rings (SSSR count). The Morgan fingerprint density at radius 2 is 1.50 bits per heavy atom. The summed E-state index contributed by atoms with van der Waals surface area (Å²) in [5.74, 6) is 1.35. The number of amides is 1. The van der Waals surface area contributed by atoms with Gasteiger partial charge in [0, 0.05) is 5.75 Å². The van der Waals surface area contributed by atoms with E-state index in [1.165, 1.54) is 11.1 Å². The molecule has 0 heterocycles. The zero-order valence-electron chi connectivity index (χ0n) is 14.9. The SMILES string of the molecule is Cc1ccccc1[C@H](NC(=O)CSCc1ccccc1)c1ccccc1. The molecule has 0 radical (unpaired) electrons. The number of aryl methyl sites for hydroxylation is 1. The number of rotatable bonds is 7. The van der Waals surface area contributed by atoms with Crippen molar-refractivity contribution in [1.29, 1.82) is 0 Å². The van der Waals surface area contributed by atoms with Crippen LogP contribution in [-0.2, 0) is 10.5 Å². The van der Waals surface area contributed by atoms with Crippen molar-refractivity contribution in [1.82, 2.24) is 5.32 Å². The predicted molar refractivity (Wildman–Crippen MR) is 110 cm³/mol. The van der Waals surface area contributed by atoms with Crippen LogP contribution in [0.15, 0.2) is 84.9 Å². The fourth-order valence-electron chi connectivity index (χ4n) is 2.94. The molecule has 0 saturated heterocycles. The van der Waals surface area contributed by atoms with Gasteiger partial charge in [0.25, 0.3) is 0 Å². The van der Waals surface area contributed by atoms with Crippen LogP contribution in [0.5, 0.6) is 0 Å². The van der Waals surface area contributed by atoms with E-state index in [0.29, 0.717) is 5.75 Å². The van der Waals surface area contributed by atoms with E-state index in [9.17, 15) is 4.79 Å². The largest absolute Gasteiger partial charge is 0.344 e. The molecule has 0 aliphatic rings. The Kier molecular flexibility index (Phi) is 6.50. The van der Waals surface area contributed by atoms with Gasteiger partial charge in [-0.2, -0.15) is 0 Å². The topological polar surface area (TPSA) is 29.1 Å². The second-order valence-electron chi connectivity index (χ2n) is 6.25. The third kappa shape index (κ3) is 4.99. The molecule has 2 nitrogen and oxygen atoms in total. The summed E-state index contributed by atoms with van der Waals surface area (Å²) in [5.41, 5.74) is 4.66. The number of carbonyl (C=O) groups is 1. The van der Waals surface area contributed by atoms with Crippen LogP contribution in [0.2, 0.25) is 0 Å². The van der Waals surface area contributed by atoms with Crippen molar-refractivity contribution in [3.05, 3.63) is 107 Å². The maximum Gasteiger partial charge on any atom is 0.230 e. The number of benzene rings is 3. The van der Waals surface area contributed by atoms with Gasteiger partial charge in [-0.3, -0.25) is 4.79 Å². The van der Waals surface area contributed by atoms with Gasteiger partial charge in [-0.25, -0.2) is 0 Å². The zero-order chi connectivity index (χ0) is 18.2. The predicted octanol–water partition coefficient (Wildman–Crippen LogP) is 5.13. The molecule has 0 aromatic heterocycles. The lowest BCUT2D eigenvalue weighted by molar-refractivity contribution is -0.119. The highest BCUT2D eigenvalue weighted by Gasteiger charge is 2.18. The van der Waals surface area contributed by atoms with Crippen LogP contribution in [-0.4, -0.2) is 11.7 Å². The second kappa shape index (κ2) is 9.25. The van der Waals surface area contributed by atoms with Gasteiger partial charge in [0.15, 0.2) is 0 Å². The van der Waals surface area contributed by atoms with Crippen LogP contribution in [0.1, 0.15) is 28.3 Å². The first-order valence-electron chi connectivity index (χ1n) is 8.75. The first kappa shape index (κ1) is 18.3. The smallest absolute Gasteiger partial charge is 0.230 e. The number of carbonyl (C=O) groups excluding carboxylic acids is 1. The van der Waals surface area contributed by atoms with Crippen LogP contribution < -0.4 is 5.32 Å². The molecule has 0 bridgehead atoms. The summed E-state index contributed by atoms with van der Waals surface area (Å²) in [7, 11) is 0. The van der Waals surface area contributed by atoms with Gasteiger partial charge in [0.1, 0.15) is 0 Å². The van der Waals surface area contributed by atoms with Crippen molar-refractivity contribution in [2.24, 2.45) is 0 Å². The van der Waals surface area contributed by atoms with E-state index in [0.717, 1.165) is 16.9 Å². The fourth-order valence-corrected chi connectivity index (χ4v) is 3.73. The van der Waals surface area contributed by atoms with E-state index < -0.39 is 0 Å². The van der Waals surface area contributed by atoms with Crippen molar-refractivity contribution in [2.75, 3.05) is 5.75 Å². The molecule has 1 atom stereocenters. The summed E-state index contributed by atoms with van der Waals surface area (Å²) in [5, 5.41) is 3.22. The van der Waals surface area contributed by atoms with Crippen LogP contribution in [0.4, 0.5) is 0 Å². The van der Waals surface area contributed by atoms with Crippen molar-refractivity contribution in [2.45, 2.75) is 18.7 Å². The highest BCUT2D eigenvalue weighted by molar-refractivity contribution is 7.99. The Morgan fingerprint density at radius 1 is 0.885 bits per heavy atom. The molecule has 26 heavy (non-hydrogen) atoms. The van der Waals surface area contributed by atoms with E-state index >= 15 is 0 Å². The number of hydrogen-bond acceptors (Lipinski definition) is 2. The molecule has 1 amide bonds. The van der Waals surface area contributed by atoms with Crippen LogP contribution in [0.3, 0.4) is 0 Å². The molecule has 3 heteroatoms. The number of thioether (sulfide) groups is 1. The standard InChI is InChI=1S/C23H23NOS/c1-18-10-8-9-15-21(18)23(20-13-6-3-7-14-20)24-22(25)17-26-16-19-11-4-2-5-12-19/h2-15,23H,16-17H2,1H3,(H,24,25)/t23-/m1/s1. The molecular formula is C23H23NOS. The minimum absolute atomic E-state index is 0.0584. The molecule has 3 aromatic carbocycles. The first-order valence-corrected chi connectivity index (χ1v) is 9.91. The van der Waals surface area contributed by atoms with Crippen LogP contribution in [0, 0.1) is 6.92 Å². The van der Waals surface area contributed by atoms with Crippen molar-refractivity contribution < 1.29 is 4.79 Å². The van der Waals surface area contributed by atoms with Crippen molar-refractivity contribution in [3.63, 3.8) is 0 Å². The first-order chi connectivity index (χ1) is 12.7. The molecule has 0 aliphatic carbocycles. The lowest BCUT2D eigenvalue weighted by Crippen LogP contribution is -2.31. The van der Waals surface area contributed by atoms with E-state index in [1.807, 2.05) is 48.5 Å². The van der Waals surface area contributed by atoms with Gasteiger partial charge in [0.05, 0.1) is 11.8 Å². The molecule has 0 spiro atoms. The molecule has 0 aliphatic heterocycles. The maximum absolute atomic E-state index is 12.6.